The van der Waals surface area contributed by atoms with Gasteiger partial charge in [-0.2, -0.15) is 0 Å². The normalized spacial score (nSPS) is 11.7. The Kier molecular flexibility index (Phi) is 6.45. The fourth-order valence-corrected chi connectivity index (χ4v) is 2.07. The highest BCUT2D eigenvalue weighted by Gasteiger charge is 2.19. The van der Waals surface area contributed by atoms with Crippen molar-refractivity contribution in [1.29, 1.82) is 0 Å². The van der Waals surface area contributed by atoms with Crippen molar-refractivity contribution in [3.05, 3.63) is 44.3 Å². The van der Waals surface area contributed by atoms with Gasteiger partial charge in [-0.3, -0.25) is 4.79 Å². The van der Waals surface area contributed by atoms with Gasteiger partial charge in [0.2, 0.25) is 0 Å². The van der Waals surface area contributed by atoms with Gasteiger partial charge >= 0.3 is 5.97 Å². The fourth-order valence-electron chi connectivity index (χ4n) is 1.53. The van der Waals surface area contributed by atoms with E-state index in [-0.39, 0.29) is 0 Å². The Morgan fingerprint density at radius 3 is 2.58 bits per heavy atom. The number of nitrogens with zero attached hydrogens (tertiary/aromatic N) is 3. The number of nitrogens with one attached hydrogen (secondary N) is 1. The lowest BCUT2D eigenvalue weighted by Gasteiger charge is -2.15. The van der Waals surface area contributed by atoms with E-state index in [0.717, 1.165) is 0 Å². The van der Waals surface area contributed by atoms with E-state index in [2.05, 4.69) is 15.3 Å². The number of hydrogen-bond donors (Lipinski definition) is 2. The van der Waals surface area contributed by atoms with Gasteiger partial charge in [0.25, 0.3) is 0 Å². The zero-order chi connectivity index (χ0) is 14.3. The number of aliphatic carboxylic acids is 1. The SMILES string of the molecule is [N-]=[N+]=NCCCNC(C(=O)O)c1cc(Cl)cc(Cl)c1. The van der Waals surface area contributed by atoms with E-state index in [1.807, 2.05) is 0 Å². The molecule has 0 spiro atoms. The first kappa shape index (κ1) is 15.6. The van der Waals surface area contributed by atoms with Gasteiger partial charge in [0.15, 0.2) is 0 Å². The van der Waals surface area contributed by atoms with Gasteiger partial charge in [-0.25, -0.2) is 0 Å². The molecule has 0 aromatic heterocycles. The van der Waals surface area contributed by atoms with Gasteiger partial charge in [-0.15, -0.1) is 0 Å². The molecule has 0 heterocycles. The topological polar surface area (TPSA) is 98.1 Å². The third-order valence-corrected chi connectivity index (χ3v) is 2.75. The molecule has 8 heteroatoms. The molecule has 1 rings (SSSR count). The summed E-state index contributed by atoms with van der Waals surface area (Å²) in [5.41, 5.74) is 8.60. The minimum Gasteiger partial charge on any atom is -0.480 e. The van der Waals surface area contributed by atoms with Crippen LogP contribution in [0.5, 0.6) is 0 Å². The highest BCUT2D eigenvalue weighted by atomic mass is 35.5. The maximum atomic E-state index is 11.2. The molecule has 0 saturated heterocycles. The molecule has 0 aliphatic carbocycles. The van der Waals surface area contributed by atoms with Crippen LogP contribution in [-0.2, 0) is 4.79 Å². The first-order valence-electron chi connectivity index (χ1n) is 5.47. The number of benzene rings is 1. The van der Waals surface area contributed by atoms with Crippen LogP contribution in [0.15, 0.2) is 23.3 Å². The Balaban J connectivity index is 2.71. The summed E-state index contributed by atoms with van der Waals surface area (Å²) in [6.07, 6.45) is 0.544. The Hall–Kier alpha value is -1.46. The lowest BCUT2D eigenvalue weighted by molar-refractivity contribution is -0.139. The van der Waals surface area contributed by atoms with Crippen LogP contribution in [-0.4, -0.2) is 24.2 Å². The minimum atomic E-state index is -1.03. The molecule has 0 aliphatic heterocycles. The third-order valence-electron chi connectivity index (χ3n) is 2.31. The molecule has 1 aromatic rings. The van der Waals surface area contributed by atoms with E-state index in [4.69, 9.17) is 28.7 Å². The highest BCUT2D eigenvalue weighted by Crippen LogP contribution is 2.23. The lowest BCUT2D eigenvalue weighted by Crippen LogP contribution is -2.29. The number of rotatable bonds is 7. The van der Waals surface area contributed by atoms with E-state index in [1.54, 1.807) is 12.1 Å². The molecule has 0 bridgehead atoms. The molecule has 19 heavy (non-hydrogen) atoms. The quantitative estimate of drug-likeness (QED) is 0.349. The predicted molar refractivity (Wildman–Crippen MR) is 73.5 cm³/mol. The third kappa shape index (κ3) is 5.36. The van der Waals surface area contributed by atoms with Crippen molar-refractivity contribution in [1.82, 2.24) is 5.32 Å². The van der Waals surface area contributed by atoms with Crippen molar-refractivity contribution >= 4 is 29.2 Å². The first-order valence-corrected chi connectivity index (χ1v) is 6.23. The van der Waals surface area contributed by atoms with Crippen LogP contribution in [0.25, 0.3) is 10.4 Å². The number of hydrogen-bond acceptors (Lipinski definition) is 3. The number of carboxylic acid groups (broad SMARTS) is 1. The zero-order valence-electron chi connectivity index (χ0n) is 9.88. The van der Waals surface area contributed by atoms with Crippen LogP contribution in [0.2, 0.25) is 10.0 Å². The summed E-state index contributed by atoms with van der Waals surface area (Å²) in [5, 5.41) is 16.2. The zero-order valence-corrected chi connectivity index (χ0v) is 11.4. The standard InChI is InChI=1S/C11H12Cl2N4O2/c12-8-4-7(5-9(13)6-8)10(11(18)19)15-2-1-3-16-17-14/h4-6,10,15H,1-3H2,(H,18,19). The van der Waals surface area contributed by atoms with E-state index < -0.39 is 12.0 Å². The molecule has 0 amide bonds. The Morgan fingerprint density at radius 2 is 2.05 bits per heavy atom. The van der Waals surface area contributed by atoms with Crippen molar-refractivity contribution in [2.75, 3.05) is 13.1 Å². The van der Waals surface area contributed by atoms with E-state index in [9.17, 15) is 9.90 Å². The van der Waals surface area contributed by atoms with Crippen molar-refractivity contribution in [3.8, 4) is 0 Å². The van der Waals surface area contributed by atoms with Crippen LogP contribution >= 0.6 is 23.2 Å². The average molecular weight is 303 g/mol. The number of halogens is 2. The molecule has 0 fully saturated rings. The molecule has 0 radical (unpaired) electrons. The molecule has 1 aromatic carbocycles. The molecule has 2 N–H and O–H groups in total. The minimum absolute atomic E-state index is 0.312. The maximum Gasteiger partial charge on any atom is 0.325 e. The van der Waals surface area contributed by atoms with Gasteiger partial charge in [-0.05, 0) is 42.3 Å². The second-order valence-electron chi connectivity index (χ2n) is 3.74. The van der Waals surface area contributed by atoms with Gasteiger partial charge < -0.3 is 10.4 Å². The summed E-state index contributed by atoms with van der Waals surface area (Å²) in [6, 6.07) is 3.73. The second kappa shape index (κ2) is 7.86. The maximum absolute atomic E-state index is 11.2. The molecular weight excluding hydrogens is 291 g/mol. The first-order chi connectivity index (χ1) is 9.04. The van der Waals surface area contributed by atoms with E-state index in [0.29, 0.717) is 35.1 Å². The average Bonchev–Trinajstić information content (AvgIpc) is 2.31. The van der Waals surface area contributed by atoms with Crippen LogP contribution in [0.1, 0.15) is 18.0 Å². The van der Waals surface area contributed by atoms with Crippen LogP contribution < -0.4 is 5.32 Å². The Morgan fingerprint density at radius 1 is 1.42 bits per heavy atom. The highest BCUT2D eigenvalue weighted by molar-refractivity contribution is 6.34. The smallest absolute Gasteiger partial charge is 0.325 e. The van der Waals surface area contributed by atoms with Crippen LogP contribution in [0, 0.1) is 0 Å². The summed E-state index contributed by atoms with van der Waals surface area (Å²) < 4.78 is 0. The largest absolute Gasteiger partial charge is 0.480 e. The summed E-state index contributed by atoms with van der Waals surface area (Å²) in [6.45, 7) is 0.715. The molecule has 6 nitrogen and oxygen atoms in total. The van der Waals surface area contributed by atoms with Gasteiger partial charge in [0.1, 0.15) is 6.04 Å². The summed E-state index contributed by atoms with van der Waals surface area (Å²) in [7, 11) is 0. The number of carbonyl (C=O) groups is 1. The molecule has 1 atom stereocenters. The van der Waals surface area contributed by atoms with E-state index >= 15 is 0 Å². The Labute approximate surface area is 120 Å². The van der Waals surface area contributed by atoms with Gasteiger partial charge in [0, 0.05) is 21.5 Å². The molecule has 102 valence electrons. The summed E-state index contributed by atoms with van der Waals surface area (Å²) in [4.78, 5) is 13.8. The number of carboxylic acids is 1. The van der Waals surface area contributed by atoms with Crippen molar-refractivity contribution in [2.24, 2.45) is 5.11 Å². The number of azide groups is 1. The van der Waals surface area contributed by atoms with Crippen LogP contribution in [0.4, 0.5) is 0 Å². The van der Waals surface area contributed by atoms with Crippen molar-refractivity contribution in [3.63, 3.8) is 0 Å². The van der Waals surface area contributed by atoms with E-state index in [1.165, 1.54) is 6.07 Å². The van der Waals surface area contributed by atoms with Crippen molar-refractivity contribution in [2.45, 2.75) is 12.5 Å². The van der Waals surface area contributed by atoms with Crippen molar-refractivity contribution < 1.29 is 9.90 Å². The molecule has 1 unspecified atom stereocenters. The predicted octanol–water partition coefficient (Wildman–Crippen LogP) is 3.41. The molecular formula is C11H12Cl2N4O2. The lowest BCUT2D eigenvalue weighted by atomic mass is 10.1. The second-order valence-corrected chi connectivity index (χ2v) is 4.61. The van der Waals surface area contributed by atoms with Crippen LogP contribution in [0.3, 0.4) is 0 Å². The van der Waals surface area contributed by atoms with Gasteiger partial charge in [-0.1, -0.05) is 28.3 Å². The summed E-state index contributed by atoms with van der Waals surface area (Å²) in [5.74, 6) is -1.03. The fraction of sp³-hybridized carbons (Fsp3) is 0.364. The van der Waals surface area contributed by atoms with Gasteiger partial charge in [0.05, 0.1) is 0 Å². The summed E-state index contributed by atoms with van der Waals surface area (Å²) >= 11 is 11.7. The monoisotopic (exact) mass is 302 g/mol. The molecule has 0 saturated carbocycles. The molecule has 0 aliphatic rings. The Bertz CT molecular complexity index is 483.